The molecule has 0 saturated heterocycles. The number of alkyl halides is 1. The van der Waals surface area contributed by atoms with E-state index in [1.165, 1.54) is 13.8 Å². The highest BCUT2D eigenvalue weighted by Gasteiger charge is 2.68. The molecule has 11 atom stereocenters. The summed E-state index contributed by atoms with van der Waals surface area (Å²) in [4.78, 5) is 50.0. The van der Waals surface area contributed by atoms with E-state index >= 15 is 0 Å². The predicted octanol–water partition coefficient (Wildman–Crippen LogP) is 5.65. The van der Waals surface area contributed by atoms with Gasteiger partial charge in [0, 0.05) is 31.6 Å². The first-order valence-electron chi connectivity index (χ1n) is 14.5. The molecule has 0 N–H and O–H groups in total. The number of Topliss-reactive ketones (excluding diaryl/α,β-unsaturated/α-hetero) is 1. The quantitative estimate of drug-likeness (QED) is 0.213. The van der Waals surface area contributed by atoms with Crippen LogP contribution in [0.2, 0.25) is 0 Å². The second-order valence-corrected chi connectivity index (χ2v) is 13.9. The Morgan fingerprint density at radius 2 is 1.68 bits per heavy atom. The van der Waals surface area contributed by atoms with E-state index in [1.54, 1.807) is 0 Å². The Morgan fingerprint density at radius 3 is 2.32 bits per heavy atom. The van der Waals surface area contributed by atoms with E-state index in [4.69, 9.17) is 14.2 Å². The van der Waals surface area contributed by atoms with Crippen molar-refractivity contribution >= 4 is 39.6 Å². The summed E-state index contributed by atoms with van der Waals surface area (Å²) < 4.78 is 16.9. The number of hydrogen-bond acceptors (Lipinski definition) is 7. The van der Waals surface area contributed by atoms with E-state index < -0.39 is 0 Å². The Labute approximate surface area is 235 Å². The van der Waals surface area contributed by atoms with E-state index in [2.05, 4.69) is 36.7 Å². The van der Waals surface area contributed by atoms with Gasteiger partial charge >= 0.3 is 17.9 Å². The molecule has 4 rings (SSSR count). The number of carbonyl (C=O) groups is 4. The van der Waals surface area contributed by atoms with Gasteiger partial charge in [0.15, 0.2) is 0 Å². The van der Waals surface area contributed by atoms with Gasteiger partial charge < -0.3 is 14.2 Å². The van der Waals surface area contributed by atoms with Crippen LogP contribution < -0.4 is 0 Å². The molecule has 0 heterocycles. The van der Waals surface area contributed by atoms with Crippen molar-refractivity contribution in [3.63, 3.8) is 0 Å². The fourth-order valence-corrected chi connectivity index (χ4v) is 10.4. The zero-order chi connectivity index (χ0) is 28.0. The van der Waals surface area contributed by atoms with Gasteiger partial charge in [0.05, 0.1) is 11.4 Å². The number of halogens is 1. The molecular weight excluding hydrogens is 552 g/mol. The summed E-state index contributed by atoms with van der Waals surface area (Å²) in [6, 6.07) is 0. The van der Waals surface area contributed by atoms with Crippen molar-refractivity contribution in [2.24, 2.45) is 46.3 Å². The van der Waals surface area contributed by atoms with Gasteiger partial charge in [-0.1, -0.05) is 36.7 Å². The number of rotatable bonds is 7. The van der Waals surface area contributed by atoms with E-state index in [1.807, 2.05) is 6.92 Å². The summed E-state index contributed by atoms with van der Waals surface area (Å²) in [5, 5.41) is 0. The Balaban J connectivity index is 1.64. The molecule has 0 unspecified atom stereocenters. The van der Waals surface area contributed by atoms with Crippen molar-refractivity contribution in [3.05, 3.63) is 0 Å². The van der Waals surface area contributed by atoms with Crippen LogP contribution in [0.5, 0.6) is 0 Å². The molecule has 4 aliphatic rings. The van der Waals surface area contributed by atoms with Gasteiger partial charge in [-0.15, -0.1) is 0 Å². The largest absolute Gasteiger partial charge is 0.466 e. The molecule has 8 heteroatoms. The number of hydrogen-bond donors (Lipinski definition) is 0. The first-order valence-corrected chi connectivity index (χ1v) is 15.4. The van der Waals surface area contributed by atoms with Crippen LogP contribution in [0.3, 0.4) is 0 Å². The van der Waals surface area contributed by atoms with Crippen LogP contribution in [-0.2, 0) is 33.4 Å². The lowest BCUT2D eigenvalue weighted by Gasteiger charge is -2.63. The van der Waals surface area contributed by atoms with Crippen LogP contribution in [0.1, 0.15) is 92.9 Å². The van der Waals surface area contributed by atoms with Crippen LogP contribution in [0.4, 0.5) is 0 Å². The van der Waals surface area contributed by atoms with Crippen LogP contribution >= 0.6 is 15.9 Å². The highest BCUT2D eigenvalue weighted by Crippen LogP contribution is 2.68. The number of ketones is 1. The van der Waals surface area contributed by atoms with E-state index in [9.17, 15) is 19.2 Å². The molecule has 7 nitrogen and oxygen atoms in total. The summed E-state index contributed by atoms with van der Waals surface area (Å²) in [6.45, 7) is 11.9. The molecule has 214 valence electrons. The molecule has 0 aromatic rings. The van der Waals surface area contributed by atoms with Gasteiger partial charge in [0.2, 0.25) is 0 Å². The Morgan fingerprint density at radius 1 is 1.00 bits per heavy atom. The van der Waals surface area contributed by atoms with Gasteiger partial charge in [-0.2, -0.15) is 0 Å². The molecule has 4 fully saturated rings. The van der Waals surface area contributed by atoms with Crippen LogP contribution in [-0.4, -0.2) is 47.3 Å². The maximum Gasteiger partial charge on any atom is 0.305 e. The molecule has 0 spiro atoms. The smallest absolute Gasteiger partial charge is 0.305 e. The van der Waals surface area contributed by atoms with Crippen molar-refractivity contribution in [3.8, 4) is 0 Å². The van der Waals surface area contributed by atoms with Crippen molar-refractivity contribution in [2.45, 2.75) is 110 Å². The standard InChI is InChI=1S/C30H45BrO7/c1-7-36-25(34)11-8-16(2)20-9-10-21-26-22(15-24(30(20,21)6)38-18(4)33)29(5)13-12-19(37-17(3)32)14-23(29)27(31)28(26)35/h16,19-24,26-27H,7-15H2,1-6H3/t16-,19+,20+,21+,22+,23-,24-,26+,27+,29+,30+/m0/s1. The molecule has 4 saturated carbocycles. The fraction of sp³-hybridized carbons (Fsp3) is 0.867. The van der Waals surface area contributed by atoms with Crippen molar-refractivity contribution in [2.75, 3.05) is 6.61 Å². The fourth-order valence-electron chi connectivity index (χ4n) is 9.31. The summed E-state index contributed by atoms with van der Waals surface area (Å²) in [7, 11) is 0. The lowest BCUT2D eigenvalue weighted by atomic mass is 9.43. The summed E-state index contributed by atoms with van der Waals surface area (Å²) in [5.41, 5.74) is -0.446. The topological polar surface area (TPSA) is 96.0 Å². The Hall–Kier alpha value is -1.44. The summed E-state index contributed by atoms with van der Waals surface area (Å²) in [5.74, 6) is 0.235. The second kappa shape index (κ2) is 11.2. The normalized spacial score (nSPS) is 42.8. The SMILES string of the molecule is CCOC(=O)CC[C@H](C)[C@H]1CC[C@@H]2[C@H]3C(=O)[C@H](Br)[C@@H]4C[C@H](OC(C)=O)CC[C@]4(C)[C@@H]3C[C@H](OC(C)=O)[C@@]21C. The molecule has 38 heavy (non-hydrogen) atoms. The van der Waals surface area contributed by atoms with Gasteiger partial charge in [0.25, 0.3) is 0 Å². The molecule has 0 radical (unpaired) electrons. The third-order valence-electron chi connectivity index (χ3n) is 11.0. The van der Waals surface area contributed by atoms with Gasteiger partial charge in [-0.05, 0) is 86.9 Å². The minimum atomic E-state index is -0.332. The van der Waals surface area contributed by atoms with Gasteiger partial charge in [-0.25, -0.2) is 0 Å². The second-order valence-electron chi connectivity index (χ2n) is 12.9. The Kier molecular flexibility index (Phi) is 8.71. The molecule has 0 aliphatic heterocycles. The number of fused-ring (bicyclic) bond motifs is 5. The number of ether oxygens (including phenoxy) is 3. The minimum absolute atomic E-state index is 0.0670. The molecule has 0 amide bonds. The first-order chi connectivity index (χ1) is 17.8. The van der Waals surface area contributed by atoms with E-state index in [-0.39, 0.29) is 87.1 Å². The molecule has 4 aliphatic carbocycles. The Bertz CT molecular complexity index is 951. The maximum absolute atomic E-state index is 14.1. The molecular formula is C30H45BrO7. The van der Waals surface area contributed by atoms with E-state index in [0.29, 0.717) is 25.9 Å². The number of esters is 3. The highest BCUT2D eigenvalue weighted by molar-refractivity contribution is 9.10. The predicted molar refractivity (Wildman–Crippen MR) is 145 cm³/mol. The molecule has 0 aromatic heterocycles. The highest BCUT2D eigenvalue weighted by atomic mass is 79.9. The lowest BCUT2D eigenvalue weighted by molar-refractivity contribution is -0.196. The number of carbonyl (C=O) groups excluding carboxylic acids is 4. The third kappa shape index (κ3) is 5.08. The van der Waals surface area contributed by atoms with E-state index in [0.717, 1.165) is 32.1 Å². The third-order valence-corrected chi connectivity index (χ3v) is 12.1. The van der Waals surface area contributed by atoms with Gasteiger partial charge in [0.1, 0.15) is 18.0 Å². The van der Waals surface area contributed by atoms with Crippen molar-refractivity contribution in [1.82, 2.24) is 0 Å². The lowest BCUT2D eigenvalue weighted by Crippen LogP contribution is -2.64. The minimum Gasteiger partial charge on any atom is -0.466 e. The average Bonchev–Trinajstić information content (AvgIpc) is 3.20. The zero-order valence-electron chi connectivity index (χ0n) is 23.8. The van der Waals surface area contributed by atoms with Crippen LogP contribution in [0.15, 0.2) is 0 Å². The van der Waals surface area contributed by atoms with Crippen LogP contribution in [0, 0.1) is 46.3 Å². The molecule has 0 bridgehead atoms. The first kappa shape index (κ1) is 29.5. The maximum atomic E-state index is 14.1. The van der Waals surface area contributed by atoms with Crippen LogP contribution in [0.25, 0.3) is 0 Å². The average molecular weight is 598 g/mol. The summed E-state index contributed by atoms with van der Waals surface area (Å²) >= 11 is 3.83. The monoisotopic (exact) mass is 596 g/mol. The van der Waals surface area contributed by atoms with Crippen molar-refractivity contribution < 1.29 is 33.4 Å². The van der Waals surface area contributed by atoms with Crippen molar-refractivity contribution in [1.29, 1.82) is 0 Å². The zero-order valence-corrected chi connectivity index (χ0v) is 25.4. The molecule has 0 aromatic carbocycles. The van der Waals surface area contributed by atoms with Gasteiger partial charge in [-0.3, -0.25) is 19.2 Å². The summed E-state index contributed by atoms with van der Waals surface area (Å²) in [6.07, 6.45) is 5.56.